The Labute approximate surface area is 51.0 Å². The van der Waals surface area contributed by atoms with E-state index in [2.05, 4.69) is 23.1 Å². The minimum Gasteiger partial charge on any atom is -0.118 e. The molecule has 0 amide bonds. The number of hydrogen-bond acceptors (Lipinski definition) is 1. The van der Waals surface area contributed by atoms with Crippen LogP contribution in [-0.4, -0.2) is 4.99 Å². The summed E-state index contributed by atoms with van der Waals surface area (Å²) in [5.74, 6) is 0. The molecule has 1 aliphatic heterocycles. The standard InChI is InChI=1S/C5H9PS/c1-3(2)4-5(6)7-4/h5H,6H2,1-2H3. The Morgan fingerprint density at radius 3 is 2.14 bits per heavy atom. The number of hydrogen-bond donors (Lipinski definition) is 0. The zero-order valence-corrected chi connectivity index (χ0v) is 6.53. The highest BCUT2D eigenvalue weighted by atomic mass is 32.2. The minimum absolute atomic E-state index is 0.755. The summed E-state index contributed by atoms with van der Waals surface area (Å²) < 4.78 is 0. The Hall–Kier alpha value is 0.520. The number of thioether (sulfide) groups is 1. The van der Waals surface area contributed by atoms with Crippen LogP contribution in [-0.2, 0) is 0 Å². The Morgan fingerprint density at radius 2 is 2.14 bits per heavy atom. The summed E-state index contributed by atoms with van der Waals surface area (Å²) in [7, 11) is 2.78. The molecule has 0 aromatic carbocycles. The monoisotopic (exact) mass is 132 g/mol. The zero-order valence-electron chi connectivity index (χ0n) is 4.56. The Morgan fingerprint density at radius 1 is 1.71 bits per heavy atom. The van der Waals surface area contributed by atoms with Crippen LogP contribution in [0.2, 0.25) is 0 Å². The van der Waals surface area contributed by atoms with Gasteiger partial charge in [-0.2, -0.15) is 0 Å². The van der Waals surface area contributed by atoms with E-state index in [1.807, 2.05) is 11.8 Å². The van der Waals surface area contributed by atoms with E-state index in [-0.39, 0.29) is 0 Å². The van der Waals surface area contributed by atoms with Gasteiger partial charge in [-0.15, -0.1) is 21.0 Å². The van der Waals surface area contributed by atoms with Crippen molar-refractivity contribution in [1.29, 1.82) is 0 Å². The molecule has 0 aromatic heterocycles. The van der Waals surface area contributed by atoms with Crippen molar-refractivity contribution in [3.05, 3.63) is 10.5 Å². The molecule has 1 rings (SSSR count). The van der Waals surface area contributed by atoms with Crippen LogP contribution in [0.25, 0.3) is 0 Å². The van der Waals surface area contributed by atoms with Crippen LogP contribution in [0, 0.1) is 0 Å². The maximum absolute atomic E-state index is 2.78. The molecule has 1 fully saturated rings. The molecule has 7 heavy (non-hydrogen) atoms. The Bertz CT molecular complexity index is 113. The van der Waals surface area contributed by atoms with Crippen molar-refractivity contribution in [3.63, 3.8) is 0 Å². The Kier molecular flexibility index (Phi) is 1.45. The molecule has 2 unspecified atom stereocenters. The lowest BCUT2D eigenvalue weighted by molar-refractivity contribution is 1.37. The van der Waals surface area contributed by atoms with E-state index >= 15 is 0 Å². The van der Waals surface area contributed by atoms with Crippen molar-refractivity contribution < 1.29 is 0 Å². The van der Waals surface area contributed by atoms with E-state index in [1.165, 1.54) is 5.57 Å². The predicted molar refractivity (Wildman–Crippen MR) is 39.5 cm³/mol. The van der Waals surface area contributed by atoms with Crippen molar-refractivity contribution in [2.75, 3.05) is 0 Å². The third-order valence-electron chi connectivity index (χ3n) is 0.948. The van der Waals surface area contributed by atoms with Gasteiger partial charge in [0.15, 0.2) is 0 Å². The van der Waals surface area contributed by atoms with Crippen LogP contribution in [0.5, 0.6) is 0 Å². The predicted octanol–water partition coefficient (Wildman–Crippen LogP) is 2.23. The molecule has 1 saturated heterocycles. The SMILES string of the molecule is CC(C)=C1SC1P. The molecule has 1 aliphatic rings. The summed E-state index contributed by atoms with van der Waals surface area (Å²) in [4.78, 5) is 2.31. The third kappa shape index (κ3) is 1.20. The molecule has 0 spiro atoms. The number of allylic oxidation sites excluding steroid dienone is 1. The van der Waals surface area contributed by atoms with E-state index in [0.29, 0.717) is 0 Å². The molecule has 0 nitrogen and oxygen atoms in total. The lowest BCUT2D eigenvalue weighted by atomic mass is 10.3. The molecule has 1 heterocycles. The van der Waals surface area contributed by atoms with Gasteiger partial charge in [-0.3, -0.25) is 0 Å². The molecule has 0 saturated carbocycles. The van der Waals surface area contributed by atoms with Gasteiger partial charge in [0.25, 0.3) is 0 Å². The summed E-state index contributed by atoms with van der Waals surface area (Å²) in [6.07, 6.45) is 0. The van der Waals surface area contributed by atoms with Gasteiger partial charge < -0.3 is 0 Å². The van der Waals surface area contributed by atoms with Gasteiger partial charge in [0, 0.05) is 4.91 Å². The quantitative estimate of drug-likeness (QED) is 0.360. The lowest BCUT2D eigenvalue weighted by Gasteiger charge is -1.77. The van der Waals surface area contributed by atoms with Crippen molar-refractivity contribution in [3.8, 4) is 0 Å². The topological polar surface area (TPSA) is 0 Å². The molecule has 2 atom stereocenters. The summed E-state index contributed by atoms with van der Waals surface area (Å²) in [5.41, 5.74) is 1.48. The highest BCUT2D eigenvalue weighted by molar-refractivity contribution is 8.15. The second kappa shape index (κ2) is 1.80. The summed E-state index contributed by atoms with van der Waals surface area (Å²) in [6, 6.07) is 0. The lowest BCUT2D eigenvalue weighted by Crippen LogP contribution is -1.62. The van der Waals surface area contributed by atoms with Gasteiger partial charge in [-0.1, -0.05) is 5.57 Å². The molecular formula is C5H9PS. The van der Waals surface area contributed by atoms with Crippen LogP contribution in [0.1, 0.15) is 13.8 Å². The molecule has 0 bridgehead atoms. The smallest absolute Gasteiger partial charge is 0.0541 e. The largest absolute Gasteiger partial charge is 0.118 e. The van der Waals surface area contributed by atoms with Gasteiger partial charge >= 0.3 is 0 Å². The van der Waals surface area contributed by atoms with Crippen LogP contribution in [0.4, 0.5) is 0 Å². The van der Waals surface area contributed by atoms with Crippen LogP contribution < -0.4 is 0 Å². The van der Waals surface area contributed by atoms with Crippen LogP contribution in [0.3, 0.4) is 0 Å². The first-order valence-electron chi connectivity index (χ1n) is 2.31. The molecular weight excluding hydrogens is 123 g/mol. The maximum atomic E-state index is 2.78. The molecule has 2 heteroatoms. The molecule has 0 radical (unpaired) electrons. The van der Waals surface area contributed by atoms with Crippen molar-refractivity contribution in [2.45, 2.75) is 18.8 Å². The van der Waals surface area contributed by atoms with Crippen molar-refractivity contribution in [1.82, 2.24) is 0 Å². The molecule has 0 aliphatic carbocycles. The van der Waals surface area contributed by atoms with Gasteiger partial charge in [-0.25, -0.2) is 0 Å². The fourth-order valence-corrected chi connectivity index (χ4v) is 1.96. The first-order valence-corrected chi connectivity index (χ1v) is 3.86. The minimum atomic E-state index is 0.755. The second-order valence-corrected chi connectivity index (χ2v) is 4.24. The first kappa shape index (κ1) is 5.65. The van der Waals surface area contributed by atoms with Crippen molar-refractivity contribution in [2.24, 2.45) is 0 Å². The average molecular weight is 132 g/mol. The van der Waals surface area contributed by atoms with Crippen LogP contribution in [0.15, 0.2) is 10.5 Å². The summed E-state index contributed by atoms with van der Waals surface area (Å²) in [5, 5.41) is 0. The number of rotatable bonds is 0. The first-order chi connectivity index (χ1) is 3.22. The summed E-state index contributed by atoms with van der Waals surface area (Å²) in [6.45, 7) is 4.32. The van der Waals surface area contributed by atoms with E-state index in [0.717, 1.165) is 4.99 Å². The maximum Gasteiger partial charge on any atom is 0.0541 e. The highest BCUT2D eigenvalue weighted by Crippen LogP contribution is 2.52. The fourth-order valence-electron chi connectivity index (χ4n) is 0.505. The van der Waals surface area contributed by atoms with Gasteiger partial charge in [0.1, 0.15) is 0 Å². The fraction of sp³-hybridized carbons (Fsp3) is 0.600. The third-order valence-corrected chi connectivity index (χ3v) is 3.08. The molecule has 0 aromatic rings. The Balaban J connectivity index is 2.60. The van der Waals surface area contributed by atoms with Crippen LogP contribution >= 0.6 is 21.0 Å². The average Bonchev–Trinajstić information content (AvgIpc) is 2.17. The van der Waals surface area contributed by atoms with Gasteiger partial charge in [0.05, 0.1) is 4.99 Å². The zero-order chi connectivity index (χ0) is 5.44. The molecule has 40 valence electrons. The highest BCUT2D eigenvalue weighted by Gasteiger charge is 2.26. The van der Waals surface area contributed by atoms with E-state index < -0.39 is 0 Å². The van der Waals surface area contributed by atoms with Crippen molar-refractivity contribution >= 4 is 21.0 Å². The second-order valence-electron chi connectivity index (χ2n) is 1.90. The van der Waals surface area contributed by atoms with E-state index in [1.54, 1.807) is 4.91 Å². The van der Waals surface area contributed by atoms with Gasteiger partial charge in [0.2, 0.25) is 0 Å². The summed E-state index contributed by atoms with van der Waals surface area (Å²) >= 11 is 1.94. The van der Waals surface area contributed by atoms with Gasteiger partial charge in [-0.05, 0) is 13.8 Å². The van der Waals surface area contributed by atoms with E-state index in [4.69, 9.17) is 0 Å². The molecule has 0 N–H and O–H groups in total. The van der Waals surface area contributed by atoms with E-state index in [9.17, 15) is 0 Å². The normalized spacial score (nSPS) is 27.9.